The largest absolute Gasteiger partial charge is 0.425 e. The summed E-state index contributed by atoms with van der Waals surface area (Å²) in [5, 5.41) is 0.455. The van der Waals surface area contributed by atoms with Gasteiger partial charge >= 0.3 is 5.97 Å². The van der Waals surface area contributed by atoms with Crippen LogP contribution in [0.5, 0.6) is 5.75 Å². The van der Waals surface area contributed by atoms with Crippen molar-refractivity contribution in [1.29, 1.82) is 0 Å². The summed E-state index contributed by atoms with van der Waals surface area (Å²) in [4.78, 5) is 12.7. The van der Waals surface area contributed by atoms with E-state index in [1.807, 2.05) is 19.9 Å². The van der Waals surface area contributed by atoms with Gasteiger partial charge in [-0.25, -0.2) is 13.2 Å². The second-order valence-electron chi connectivity index (χ2n) is 6.39. The molecule has 1 atom stereocenters. The number of esters is 1. The van der Waals surface area contributed by atoms with Gasteiger partial charge in [0.15, 0.2) is 0 Å². The van der Waals surface area contributed by atoms with Crippen LogP contribution < -0.4 is 4.74 Å². The van der Waals surface area contributed by atoms with Gasteiger partial charge in [-0.05, 0) is 74.2 Å². The lowest BCUT2D eigenvalue weighted by molar-refractivity contribution is -0.137. The predicted molar refractivity (Wildman–Crippen MR) is 99.9 cm³/mol. The van der Waals surface area contributed by atoms with Crippen LogP contribution in [0.1, 0.15) is 24.0 Å². The van der Waals surface area contributed by atoms with Crippen molar-refractivity contribution < 1.29 is 17.9 Å². The number of hydrogen-bond acceptors (Lipinski definition) is 4. The molecule has 1 heterocycles. The lowest BCUT2D eigenvalue weighted by Crippen LogP contribution is -2.42. The number of sulfonamides is 1. The zero-order valence-corrected chi connectivity index (χ0v) is 16.2. The van der Waals surface area contributed by atoms with Crippen LogP contribution in [0, 0.1) is 13.8 Å². The Morgan fingerprint density at radius 3 is 2.46 bits per heavy atom. The van der Waals surface area contributed by atoms with Gasteiger partial charge in [0.2, 0.25) is 10.0 Å². The van der Waals surface area contributed by atoms with Crippen molar-refractivity contribution in [3.8, 4) is 5.75 Å². The second-order valence-corrected chi connectivity index (χ2v) is 8.72. The number of hydrogen-bond donors (Lipinski definition) is 0. The van der Waals surface area contributed by atoms with Gasteiger partial charge in [0.25, 0.3) is 0 Å². The van der Waals surface area contributed by atoms with Crippen molar-refractivity contribution in [2.24, 2.45) is 0 Å². The summed E-state index contributed by atoms with van der Waals surface area (Å²) < 4.78 is 32.4. The molecule has 26 heavy (non-hydrogen) atoms. The average Bonchev–Trinajstić information content (AvgIpc) is 3.09. The van der Waals surface area contributed by atoms with E-state index in [1.165, 1.54) is 28.6 Å². The molecule has 0 aliphatic carbocycles. The molecule has 1 aliphatic rings. The van der Waals surface area contributed by atoms with Crippen LogP contribution in [0.4, 0.5) is 0 Å². The molecule has 0 spiro atoms. The first-order valence-electron chi connectivity index (χ1n) is 8.35. The van der Waals surface area contributed by atoms with Crippen molar-refractivity contribution in [3.05, 3.63) is 58.6 Å². The first-order valence-corrected chi connectivity index (χ1v) is 10.2. The highest BCUT2D eigenvalue weighted by Gasteiger charge is 2.40. The summed E-state index contributed by atoms with van der Waals surface area (Å²) in [7, 11) is -3.78. The molecule has 5 nitrogen and oxygen atoms in total. The molecule has 0 unspecified atom stereocenters. The van der Waals surface area contributed by atoms with Crippen LogP contribution in [-0.4, -0.2) is 31.3 Å². The SMILES string of the molecule is Cc1ccc(OC(=O)[C@@H]2CCCN2S(=O)(=O)c2ccc(Cl)cc2)cc1C. The van der Waals surface area contributed by atoms with Gasteiger partial charge in [0, 0.05) is 11.6 Å². The topological polar surface area (TPSA) is 63.7 Å². The van der Waals surface area contributed by atoms with Crippen molar-refractivity contribution in [1.82, 2.24) is 4.31 Å². The number of ether oxygens (including phenoxy) is 1. The number of aryl methyl sites for hydroxylation is 2. The molecule has 3 rings (SSSR count). The quantitative estimate of drug-likeness (QED) is 0.586. The number of benzene rings is 2. The summed E-state index contributed by atoms with van der Waals surface area (Å²) in [6, 6.07) is 10.5. The summed E-state index contributed by atoms with van der Waals surface area (Å²) in [5.74, 6) is -0.128. The number of carbonyl (C=O) groups is 1. The zero-order valence-electron chi connectivity index (χ0n) is 14.6. The lowest BCUT2D eigenvalue weighted by atomic mass is 10.1. The summed E-state index contributed by atoms with van der Waals surface area (Å²) >= 11 is 5.83. The third kappa shape index (κ3) is 3.77. The molecule has 0 aromatic heterocycles. The minimum atomic E-state index is -3.78. The summed E-state index contributed by atoms with van der Waals surface area (Å²) in [6.07, 6.45) is 1.05. The second kappa shape index (κ2) is 7.39. The summed E-state index contributed by atoms with van der Waals surface area (Å²) in [5.41, 5.74) is 2.10. The molecule has 0 bridgehead atoms. The Balaban J connectivity index is 1.81. The van der Waals surface area contributed by atoms with Gasteiger partial charge < -0.3 is 4.74 Å². The van der Waals surface area contributed by atoms with Gasteiger partial charge in [0.05, 0.1) is 4.90 Å². The average molecular weight is 394 g/mol. The highest BCUT2D eigenvalue weighted by molar-refractivity contribution is 7.89. The zero-order chi connectivity index (χ0) is 18.9. The normalized spacial score (nSPS) is 18.0. The maximum absolute atomic E-state index is 12.9. The van der Waals surface area contributed by atoms with Crippen molar-refractivity contribution >= 4 is 27.6 Å². The van der Waals surface area contributed by atoms with Crippen molar-refractivity contribution in [2.45, 2.75) is 37.6 Å². The molecule has 2 aromatic rings. The third-order valence-corrected chi connectivity index (χ3v) is 6.77. The predicted octanol–water partition coefficient (Wildman–Crippen LogP) is 3.72. The van der Waals surface area contributed by atoms with E-state index >= 15 is 0 Å². The Morgan fingerprint density at radius 2 is 1.81 bits per heavy atom. The molecule has 0 saturated carbocycles. The van der Waals surface area contributed by atoms with Crippen LogP contribution in [0.2, 0.25) is 5.02 Å². The molecule has 1 fully saturated rings. The number of rotatable bonds is 4. The Hall–Kier alpha value is -1.89. The first kappa shape index (κ1) is 18.9. The number of carbonyl (C=O) groups excluding carboxylic acids is 1. The van der Waals surface area contributed by atoms with E-state index in [4.69, 9.17) is 16.3 Å². The first-order chi connectivity index (χ1) is 12.3. The molecular weight excluding hydrogens is 374 g/mol. The highest BCUT2D eigenvalue weighted by atomic mass is 35.5. The van der Waals surface area contributed by atoms with Crippen LogP contribution in [0.25, 0.3) is 0 Å². The number of nitrogens with zero attached hydrogens (tertiary/aromatic N) is 1. The monoisotopic (exact) mass is 393 g/mol. The van der Waals surface area contributed by atoms with E-state index in [9.17, 15) is 13.2 Å². The van der Waals surface area contributed by atoms with Gasteiger partial charge in [0.1, 0.15) is 11.8 Å². The molecule has 0 N–H and O–H groups in total. The third-order valence-electron chi connectivity index (χ3n) is 4.59. The van der Waals surface area contributed by atoms with Crippen LogP contribution in [-0.2, 0) is 14.8 Å². The van der Waals surface area contributed by atoms with Gasteiger partial charge in [-0.1, -0.05) is 17.7 Å². The maximum Gasteiger partial charge on any atom is 0.329 e. The Labute approximate surface area is 158 Å². The van der Waals surface area contributed by atoms with Crippen molar-refractivity contribution in [3.63, 3.8) is 0 Å². The van der Waals surface area contributed by atoms with Crippen molar-refractivity contribution in [2.75, 3.05) is 6.54 Å². The minimum Gasteiger partial charge on any atom is -0.425 e. The fourth-order valence-electron chi connectivity index (χ4n) is 2.97. The van der Waals surface area contributed by atoms with E-state index in [-0.39, 0.29) is 11.4 Å². The van der Waals surface area contributed by atoms with Gasteiger partial charge in [-0.15, -0.1) is 0 Å². The summed E-state index contributed by atoms with van der Waals surface area (Å²) in [6.45, 7) is 4.19. The molecule has 0 radical (unpaired) electrons. The molecular formula is C19H20ClNO4S. The van der Waals surface area contributed by atoms with Crippen LogP contribution in [0.3, 0.4) is 0 Å². The van der Waals surface area contributed by atoms with E-state index in [0.717, 1.165) is 11.1 Å². The van der Waals surface area contributed by atoms with E-state index in [2.05, 4.69) is 0 Å². The van der Waals surface area contributed by atoms with Crippen LogP contribution in [0.15, 0.2) is 47.4 Å². The fraction of sp³-hybridized carbons (Fsp3) is 0.316. The lowest BCUT2D eigenvalue weighted by Gasteiger charge is -2.22. The Bertz CT molecular complexity index is 925. The molecule has 1 saturated heterocycles. The van der Waals surface area contributed by atoms with E-state index in [0.29, 0.717) is 23.6 Å². The smallest absolute Gasteiger partial charge is 0.329 e. The fourth-order valence-corrected chi connectivity index (χ4v) is 4.74. The van der Waals surface area contributed by atoms with Gasteiger partial charge in [-0.3, -0.25) is 0 Å². The highest BCUT2D eigenvalue weighted by Crippen LogP contribution is 2.28. The Kier molecular flexibility index (Phi) is 5.37. The molecule has 7 heteroatoms. The van der Waals surface area contributed by atoms with E-state index in [1.54, 1.807) is 12.1 Å². The standard InChI is InChI=1S/C19H20ClNO4S/c1-13-5-8-16(12-14(13)2)25-19(22)18-4-3-11-21(18)26(23,24)17-9-6-15(20)7-10-17/h5-10,12,18H,3-4,11H2,1-2H3/t18-/m0/s1. The van der Waals surface area contributed by atoms with E-state index < -0.39 is 22.0 Å². The Morgan fingerprint density at radius 1 is 1.12 bits per heavy atom. The minimum absolute atomic E-state index is 0.118. The molecule has 1 aliphatic heterocycles. The van der Waals surface area contributed by atoms with Crippen LogP contribution >= 0.6 is 11.6 Å². The molecule has 0 amide bonds. The molecule has 2 aromatic carbocycles. The van der Waals surface area contributed by atoms with Gasteiger partial charge in [-0.2, -0.15) is 4.31 Å². The molecule has 138 valence electrons. The number of halogens is 1. The maximum atomic E-state index is 12.9.